The zero-order chi connectivity index (χ0) is 21.3. The highest BCUT2D eigenvalue weighted by Gasteiger charge is 2.26. The number of piperazine rings is 1. The maximum absolute atomic E-state index is 11.9. The van der Waals surface area contributed by atoms with Crippen LogP contribution in [0.2, 0.25) is 5.15 Å². The molecule has 8 nitrogen and oxygen atoms in total. The third kappa shape index (κ3) is 4.77. The van der Waals surface area contributed by atoms with E-state index < -0.39 is 11.5 Å². The number of aromatic nitrogens is 2. The predicted octanol–water partition coefficient (Wildman–Crippen LogP) is 2.26. The molecule has 1 aromatic carbocycles. The van der Waals surface area contributed by atoms with Gasteiger partial charge in [-0.15, -0.1) is 0 Å². The number of anilines is 3. The monoisotopic (exact) mass is 418 g/mol. The van der Waals surface area contributed by atoms with E-state index in [4.69, 9.17) is 17.3 Å². The standard InChI is InChI=1S/C20H27ClN6O2/c1-12-11-13(5-6-14(12)27-9-7-26(4)8-10-27)23-19-15(18(22)28)24-16(17(21)25-19)20(2,3)29/h5-6,11,29H,7-10H2,1-4H3,(H2,22,28)(H,23,25). The van der Waals surface area contributed by atoms with Gasteiger partial charge in [0, 0.05) is 37.6 Å². The van der Waals surface area contributed by atoms with E-state index in [0.717, 1.165) is 37.4 Å². The Balaban J connectivity index is 1.89. The lowest BCUT2D eigenvalue weighted by atomic mass is 10.1. The number of nitrogens with two attached hydrogens (primary N) is 1. The van der Waals surface area contributed by atoms with Crippen LogP contribution in [0.4, 0.5) is 17.2 Å². The molecule has 2 aromatic rings. The summed E-state index contributed by atoms with van der Waals surface area (Å²) >= 11 is 6.19. The van der Waals surface area contributed by atoms with Crippen LogP contribution in [0.1, 0.15) is 35.6 Å². The van der Waals surface area contributed by atoms with Crippen molar-refractivity contribution in [3.05, 3.63) is 40.3 Å². The summed E-state index contributed by atoms with van der Waals surface area (Å²) in [5.74, 6) is -0.602. The van der Waals surface area contributed by atoms with Gasteiger partial charge in [-0.2, -0.15) is 0 Å². The van der Waals surface area contributed by atoms with Crippen LogP contribution in [-0.2, 0) is 5.60 Å². The highest BCUT2D eigenvalue weighted by atomic mass is 35.5. The fourth-order valence-electron chi connectivity index (χ4n) is 3.34. The summed E-state index contributed by atoms with van der Waals surface area (Å²) in [5, 5.41) is 13.3. The molecule has 9 heteroatoms. The van der Waals surface area contributed by atoms with Gasteiger partial charge in [0.25, 0.3) is 5.91 Å². The van der Waals surface area contributed by atoms with Crippen molar-refractivity contribution < 1.29 is 9.90 Å². The second kappa shape index (κ2) is 8.14. The van der Waals surface area contributed by atoms with Crippen LogP contribution in [-0.4, -0.2) is 59.1 Å². The first-order valence-corrected chi connectivity index (χ1v) is 9.85. The van der Waals surface area contributed by atoms with Gasteiger partial charge in [0.1, 0.15) is 11.3 Å². The van der Waals surface area contributed by atoms with Gasteiger partial charge in [0.15, 0.2) is 16.7 Å². The summed E-state index contributed by atoms with van der Waals surface area (Å²) in [5.41, 5.74) is 7.17. The van der Waals surface area contributed by atoms with E-state index in [9.17, 15) is 9.90 Å². The number of aliphatic hydroxyl groups is 1. The van der Waals surface area contributed by atoms with E-state index in [2.05, 4.69) is 32.1 Å². The fourth-order valence-corrected chi connectivity index (χ4v) is 3.69. The number of rotatable bonds is 5. The number of hydrogen-bond acceptors (Lipinski definition) is 7. The summed E-state index contributed by atoms with van der Waals surface area (Å²) < 4.78 is 0. The number of aryl methyl sites for hydroxylation is 1. The molecule has 1 saturated heterocycles. The second-order valence-electron chi connectivity index (χ2n) is 7.90. The smallest absolute Gasteiger partial charge is 0.271 e. The number of halogens is 1. The van der Waals surface area contributed by atoms with E-state index in [1.54, 1.807) is 0 Å². The lowest BCUT2D eigenvalue weighted by Gasteiger charge is -2.35. The Hall–Kier alpha value is -2.42. The molecule has 29 heavy (non-hydrogen) atoms. The van der Waals surface area contributed by atoms with Gasteiger partial charge < -0.3 is 26.0 Å². The molecule has 0 atom stereocenters. The molecule has 156 valence electrons. The van der Waals surface area contributed by atoms with Crippen molar-refractivity contribution in [1.29, 1.82) is 0 Å². The van der Waals surface area contributed by atoms with Gasteiger partial charge in [-0.3, -0.25) is 4.79 Å². The molecule has 2 heterocycles. The number of hydrogen-bond donors (Lipinski definition) is 3. The molecule has 1 aliphatic heterocycles. The summed E-state index contributed by atoms with van der Waals surface area (Å²) in [6.07, 6.45) is 0. The first-order valence-electron chi connectivity index (χ1n) is 9.47. The van der Waals surface area contributed by atoms with Crippen LogP contribution < -0.4 is 16.0 Å². The molecule has 1 aromatic heterocycles. The second-order valence-corrected chi connectivity index (χ2v) is 8.26. The van der Waals surface area contributed by atoms with Crippen LogP contribution in [0.25, 0.3) is 0 Å². The topological polar surface area (TPSA) is 108 Å². The molecule has 0 saturated carbocycles. The van der Waals surface area contributed by atoms with Gasteiger partial charge in [0.05, 0.1) is 0 Å². The maximum atomic E-state index is 11.9. The first-order chi connectivity index (χ1) is 13.6. The predicted molar refractivity (Wildman–Crippen MR) is 115 cm³/mol. The number of nitrogens with one attached hydrogen (secondary N) is 1. The molecule has 0 radical (unpaired) electrons. The average Bonchev–Trinajstić information content (AvgIpc) is 2.61. The Kier molecular flexibility index (Phi) is 5.97. The van der Waals surface area contributed by atoms with Crippen molar-refractivity contribution in [3.8, 4) is 0 Å². The maximum Gasteiger partial charge on any atom is 0.271 e. The highest BCUT2D eigenvalue weighted by Crippen LogP contribution is 2.30. The number of carbonyl (C=O) groups excluding carboxylic acids is 1. The number of benzene rings is 1. The summed E-state index contributed by atoms with van der Waals surface area (Å²) in [4.78, 5) is 25.0. The van der Waals surface area contributed by atoms with Crippen molar-refractivity contribution in [3.63, 3.8) is 0 Å². The summed E-state index contributed by atoms with van der Waals surface area (Å²) in [6, 6.07) is 5.95. The van der Waals surface area contributed by atoms with Gasteiger partial charge >= 0.3 is 0 Å². The molecule has 3 rings (SSSR count). The van der Waals surface area contributed by atoms with Crippen LogP contribution in [0.5, 0.6) is 0 Å². The highest BCUT2D eigenvalue weighted by molar-refractivity contribution is 6.30. The number of amides is 1. The van der Waals surface area contributed by atoms with E-state index in [1.165, 1.54) is 19.5 Å². The van der Waals surface area contributed by atoms with Crippen molar-refractivity contribution >= 4 is 34.7 Å². The summed E-state index contributed by atoms with van der Waals surface area (Å²) in [6.45, 7) is 9.10. The van der Waals surface area contributed by atoms with Crippen molar-refractivity contribution in [2.75, 3.05) is 43.4 Å². The number of primary amides is 1. The summed E-state index contributed by atoms with van der Waals surface area (Å²) in [7, 11) is 2.13. The Morgan fingerprint density at radius 1 is 1.24 bits per heavy atom. The zero-order valence-electron chi connectivity index (χ0n) is 17.2. The van der Waals surface area contributed by atoms with Crippen LogP contribution in [0, 0.1) is 6.92 Å². The largest absolute Gasteiger partial charge is 0.384 e. The molecule has 0 unspecified atom stereocenters. The first kappa shape index (κ1) is 21.3. The Labute approximate surface area is 175 Å². The van der Waals surface area contributed by atoms with E-state index in [0.29, 0.717) is 0 Å². The van der Waals surface area contributed by atoms with Crippen molar-refractivity contribution in [2.24, 2.45) is 5.73 Å². The molecular formula is C20H27ClN6O2. The molecule has 4 N–H and O–H groups in total. The lowest BCUT2D eigenvalue weighted by molar-refractivity contribution is 0.0732. The number of nitrogens with zero attached hydrogens (tertiary/aromatic N) is 4. The molecule has 1 aliphatic rings. The average molecular weight is 419 g/mol. The molecule has 1 amide bonds. The minimum absolute atomic E-state index is 0.00998. The SMILES string of the molecule is Cc1cc(Nc2nc(Cl)c(C(C)(C)O)nc2C(N)=O)ccc1N1CCN(C)CC1. The third-order valence-corrected chi connectivity index (χ3v) is 5.23. The minimum Gasteiger partial charge on any atom is -0.384 e. The van der Waals surface area contributed by atoms with E-state index in [1.807, 2.05) is 25.1 Å². The Bertz CT molecular complexity index is 920. The van der Waals surface area contributed by atoms with E-state index in [-0.39, 0.29) is 22.4 Å². The molecule has 0 spiro atoms. The molecule has 0 bridgehead atoms. The number of carbonyl (C=O) groups is 1. The third-order valence-electron chi connectivity index (χ3n) is 4.97. The lowest BCUT2D eigenvalue weighted by Crippen LogP contribution is -2.44. The molecule has 0 aliphatic carbocycles. The Morgan fingerprint density at radius 2 is 1.90 bits per heavy atom. The van der Waals surface area contributed by atoms with Gasteiger partial charge in [-0.1, -0.05) is 11.6 Å². The fraction of sp³-hybridized carbons (Fsp3) is 0.450. The van der Waals surface area contributed by atoms with Crippen LogP contribution in [0.15, 0.2) is 18.2 Å². The quantitative estimate of drug-likeness (QED) is 0.683. The molecular weight excluding hydrogens is 392 g/mol. The zero-order valence-corrected chi connectivity index (χ0v) is 17.9. The normalized spacial score (nSPS) is 15.4. The Morgan fingerprint density at radius 3 is 2.45 bits per heavy atom. The van der Waals surface area contributed by atoms with Crippen LogP contribution >= 0.6 is 11.6 Å². The van der Waals surface area contributed by atoms with Crippen LogP contribution in [0.3, 0.4) is 0 Å². The molecule has 1 fully saturated rings. The van der Waals surface area contributed by atoms with Gasteiger partial charge in [-0.05, 0) is 51.6 Å². The van der Waals surface area contributed by atoms with Gasteiger partial charge in [0.2, 0.25) is 0 Å². The van der Waals surface area contributed by atoms with Crippen molar-refractivity contribution in [1.82, 2.24) is 14.9 Å². The van der Waals surface area contributed by atoms with E-state index >= 15 is 0 Å². The minimum atomic E-state index is -1.35. The van der Waals surface area contributed by atoms with Gasteiger partial charge in [-0.25, -0.2) is 9.97 Å². The number of likely N-dealkylation sites (N-methyl/N-ethyl adjacent to an activating group) is 1. The van der Waals surface area contributed by atoms with Crippen molar-refractivity contribution in [2.45, 2.75) is 26.4 Å².